The van der Waals surface area contributed by atoms with Crippen molar-refractivity contribution in [2.45, 2.75) is 18.9 Å². The van der Waals surface area contributed by atoms with Gasteiger partial charge in [0.25, 0.3) is 0 Å². The van der Waals surface area contributed by atoms with E-state index in [4.69, 9.17) is 9.47 Å². The largest absolute Gasteiger partial charge is 0.493 e. The van der Waals surface area contributed by atoms with Crippen LogP contribution in [-0.2, 0) is 11.4 Å². The molecular weight excluding hydrogens is 390 g/mol. The molecule has 9 heteroatoms. The third-order valence-corrected chi connectivity index (χ3v) is 5.58. The summed E-state index contributed by atoms with van der Waals surface area (Å²) < 4.78 is 20.2. The van der Waals surface area contributed by atoms with Crippen LogP contribution in [0.1, 0.15) is 29.0 Å². The first-order valence-electron chi connectivity index (χ1n) is 9.07. The number of fused-ring (bicyclic) bond motifs is 2. The van der Waals surface area contributed by atoms with E-state index in [0.29, 0.717) is 30.3 Å². The fourth-order valence-corrected chi connectivity index (χ4v) is 4.17. The van der Waals surface area contributed by atoms with Gasteiger partial charge in [-0.05, 0) is 23.8 Å². The quantitative estimate of drug-likeness (QED) is 0.525. The second-order valence-corrected chi connectivity index (χ2v) is 7.28. The number of hydrogen-bond donors (Lipinski definition) is 2. The molecule has 0 fully saturated rings. The van der Waals surface area contributed by atoms with Crippen molar-refractivity contribution in [1.82, 2.24) is 18.9 Å². The molecule has 0 spiro atoms. The van der Waals surface area contributed by atoms with Crippen LogP contribution in [0.15, 0.2) is 42.6 Å². The molecule has 0 radical (unpaired) electrons. The molecular formula is C20H17N5O3S. The normalized spacial score (nSPS) is 15.8. The van der Waals surface area contributed by atoms with Gasteiger partial charge in [0.1, 0.15) is 23.5 Å². The molecule has 146 valence electrons. The second-order valence-electron chi connectivity index (χ2n) is 6.75. The third-order valence-electron chi connectivity index (χ3n) is 5.04. The van der Waals surface area contributed by atoms with Crippen molar-refractivity contribution in [1.29, 1.82) is 0 Å². The third kappa shape index (κ3) is 3.19. The number of methoxy groups -OCH3 is 1. The van der Waals surface area contributed by atoms with Crippen molar-refractivity contribution in [3.8, 4) is 11.5 Å². The molecule has 1 aliphatic rings. The van der Waals surface area contributed by atoms with Gasteiger partial charge in [-0.25, -0.2) is 0 Å². The minimum absolute atomic E-state index is 0.0454. The number of ether oxygens (including phenoxy) is 2. The van der Waals surface area contributed by atoms with Gasteiger partial charge in [-0.1, -0.05) is 18.2 Å². The Hall–Kier alpha value is -3.46. The molecule has 4 aromatic rings. The van der Waals surface area contributed by atoms with Crippen molar-refractivity contribution in [2.75, 3.05) is 12.4 Å². The van der Waals surface area contributed by atoms with E-state index in [9.17, 15) is 4.79 Å². The molecule has 0 saturated carbocycles. The van der Waals surface area contributed by atoms with Crippen LogP contribution in [0.2, 0.25) is 0 Å². The van der Waals surface area contributed by atoms with Crippen molar-refractivity contribution >= 4 is 34.5 Å². The summed E-state index contributed by atoms with van der Waals surface area (Å²) in [7, 11) is 1.61. The molecule has 0 saturated heterocycles. The fourth-order valence-electron chi connectivity index (χ4n) is 3.60. The minimum atomic E-state index is -0.0877. The summed E-state index contributed by atoms with van der Waals surface area (Å²) in [5, 5.41) is 9.69. The van der Waals surface area contributed by atoms with E-state index in [-0.39, 0.29) is 11.8 Å². The number of H-pyrrole nitrogens is 1. The van der Waals surface area contributed by atoms with Crippen LogP contribution < -0.4 is 14.8 Å². The average Bonchev–Trinajstić information content (AvgIpc) is 3.40. The van der Waals surface area contributed by atoms with Crippen molar-refractivity contribution in [2.24, 2.45) is 0 Å². The Kier molecular flexibility index (Phi) is 4.36. The van der Waals surface area contributed by atoms with Crippen molar-refractivity contribution in [3.63, 3.8) is 0 Å². The van der Waals surface area contributed by atoms with E-state index < -0.39 is 0 Å². The lowest BCUT2D eigenvalue weighted by Gasteiger charge is -2.23. The molecule has 1 unspecified atom stereocenters. The standard InChI is InChI=1S/C20H17N5O3S/c1-27-17-7-11(13-8-18(26)22-20-14(13)9-21-23-20)5-6-16(17)28-10-12-3-2-4-15-19(12)25-29-24-15/h2-7,9,13H,8,10H2,1H3,(H2,21,22,23,26). The molecule has 29 heavy (non-hydrogen) atoms. The van der Waals surface area contributed by atoms with E-state index in [1.165, 1.54) is 11.7 Å². The lowest BCUT2D eigenvalue weighted by atomic mass is 9.87. The Morgan fingerprint density at radius 3 is 3.03 bits per heavy atom. The highest BCUT2D eigenvalue weighted by Gasteiger charge is 2.28. The van der Waals surface area contributed by atoms with Gasteiger partial charge in [-0.2, -0.15) is 13.8 Å². The smallest absolute Gasteiger partial charge is 0.226 e. The molecule has 3 heterocycles. The summed E-state index contributed by atoms with van der Waals surface area (Å²) in [4.78, 5) is 12.0. The first-order chi connectivity index (χ1) is 14.2. The summed E-state index contributed by atoms with van der Waals surface area (Å²) >= 11 is 1.19. The molecule has 1 amide bonds. The number of nitrogens with one attached hydrogen (secondary N) is 2. The first-order valence-corrected chi connectivity index (χ1v) is 9.80. The fraction of sp³-hybridized carbons (Fsp3) is 0.200. The molecule has 2 aromatic heterocycles. The van der Waals surface area contributed by atoms with Crippen molar-refractivity contribution in [3.05, 3.63) is 59.3 Å². The number of anilines is 1. The lowest BCUT2D eigenvalue weighted by molar-refractivity contribution is -0.116. The maximum absolute atomic E-state index is 12.0. The molecule has 2 aromatic carbocycles. The highest BCUT2D eigenvalue weighted by Crippen LogP contribution is 2.39. The SMILES string of the molecule is COc1cc(C2CC(=O)Nc3[nH]ncc32)ccc1OCc1cccc2nsnc12. The summed E-state index contributed by atoms with van der Waals surface area (Å²) in [5.41, 5.74) is 4.62. The topological polar surface area (TPSA) is 102 Å². The Morgan fingerprint density at radius 2 is 2.14 bits per heavy atom. The maximum Gasteiger partial charge on any atom is 0.226 e. The zero-order valence-corrected chi connectivity index (χ0v) is 16.3. The number of carbonyl (C=O) groups excluding carboxylic acids is 1. The van der Waals surface area contributed by atoms with Gasteiger partial charge < -0.3 is 14.8 Å². The molecule has 1 aliphatic heterocycles. The number of aromatic nitrogens is 4. The zero-order valence-electron chi connectivity index (χ0n) is 15.5. The number of rotatable bonds is 5. The van der Waals surface area contributed by atoms with E-state index in [1.54, 1.807) is 13.3 Å². The van der Waals surface area contributed by atoms with Gasteiger partial charge in [-0.15, -0.1) is 0 Å². The van der Waals surface area contributed by atoms with Crippen LogP contribution in [0.25, 0.3) is 11.0 Å². The molecule has 8 nitrogen and oxygen atoms in total. The second kappa shape index (κ2) is 7.17. The van der Waals surface area contributed by atoms with Crippen LogP contribution in [0.5, 0.6) is 11.5 Å². The summed E-state index contributed by atoms with van der Waals surface area (Å²) in [6, 6.07) is 11.6. The van der Waals surface area contributed by atoms with E-state index in [2.05, 4.69) is 24.3 Å². The number of carbonyl (C=O) groups is 1. The van der Waals surface area contributed by atoms with Crippen LogP contribution in [0, 0.1) is 0 Å². The van der Waals surface area contributed by atoms with Gasteiger partial charge in [0.2, 0.25) is 5.91 Å². The van der Waals surface area contributed by atoms with Gasteiger partial charge in [0.15, 0.2) is 11.5 Å². The van der Waals surface area contributed by atoms with Gasteiger partial charge in [0.05, 0.1) is 25.0 Å². The number of hydrogen-bond acceptors (Lipinski definition) is 7. The minimum Gasteiger partial charge on any atom is -0.493 e. The lowest BCUT2D eigenvalue weighted by Crippen LogP contribution is -2.23. The zero-order chi connectivity index (χ0) is 19.8. The number of benzene rings is 2. The molecule has 5 rings (SSSR count). The number of amides is 1. The highest BCUT2D eigenvalue weighted by atomic mass is 32.1. The van der Waals surface area contributed by atoms with E-state index in [1.807, 2.05) is 36.4 Å². The van der Waals surface area contributed by atoms with Crippen LogP contribution in [0.4, 0.5) is 5.82 Å². The number of nitrogens with zero attached hydrogens (tertiary/aromatic N) is 3. The van der Waals surface area contributed by atoms with Crippen molar-refractivity contribution < 1.29 is 14.3 Å². The molecule has 1 atom stereocenters. The predicted octanol–water partition coefficient (Wildman–Crippen LogP) is 3.48. The van der Waals surface area contributed by atoms with Gasteiger partial charge >= 0.3 is 0 Å². The maximum atomic E-state index is 12.0. The highest BCUT2D eigenvalue weighted by molar-refractivity contribution is 7.00. The van der Waals surface area contributed by atoms with Crippen LogP contribution >= 0.6 is 11.7 Å². The first kappa shape index (κ1) is 17.6. The Morgan fingerprint density at radius 1 is 1.21 bits per heavy atom. The average molecular weight is 407 g/mol. The Bertz CT molecular complexity index is 1200. The number of aromatic amines is 1. The predicted molar refractivity (Wildman–Crippen MR) is 108 cm³/mol. The van der Waals surface area contributed by atoms with Gasteiger partial charge in [0, 0.05) is 23.5 Å². The summed E-state index contributed by atoms with van der Waals surface area (Å²) in [5.74, 6) is 1.76. The van der Waals surface area contributed by atoms with E-state index >= 15 is 0 Å². The Labute approximate surface area is 170 Å². The van der Waals surface area contributed by atoms with E-state index in [0.717, 1.165) is 27.7 Å². The molecule has 2 N–H and O–H groups in total. The summed E-state index contributed by atoms with van der Waals surface area (Å²) in [6.07, 6.45) is 2.10. The van der Waals surface area contributed by atoms with Crippen LogP contribution in [-0.4, -0.2) is 32.0 Å². The summed E-state index contributed by atoms with van der Waals surface area (Å²) in [6.45, 7) is 0.357. The molecule has 0 aliphatic carbocycles. The molecule has 0 bridgehead atoms. The Balaban J connectivity index is 1.42. The monoisotopic (exact) mass is 407 g/mol. The van der Waals surface area contributed by atoms with Gasteiger partial charge in [-0.3, -0.25) is 9.89 Å². The van der Waals surface area contributed by atoms with Crippen LogP contribution in [0.3, 0.4) is 0 Å².